The van der Waals surface area contributed by atoms with E-state index < -0.39 is 0 Å². The van der Waals surface area contributed by atoms with Crippen LogP contribution in [0.4, 0.5) is 17.1 Å². The molecule has 0 saturated carbocycles. The predicted octanol–water partition coefficient (Wildman–Crippen LogP) is 14.6. The van der Waals surface area contributed by atoms with Crippen LogP contribution in [-0.4, -0.2) is 5.25 Å². The van der Waals surface area contributed by atoms with E-state index in [1.54, 1.807) is 0 Å². The topological polar surface area (TPSA) is 3.24 Å². The molecule has 0 N–H and O–H groups in total. The molecule has 2 atom stereocenters. The monoisotopic (exact) mass is 721 g/mol. The van der Waals surface area contributed by atoms with Crippen molar-refractivity contribution in [3.63, 3.8) is 0 Å². The van der Waals surface area contributed by atoms with Gasteiger partial charge in [0.05, 0.1) is 0 Å². The van der Waals surface area contributed by atoms with Crippen molar-refractivity contribution < 1.29 is 0 Å². The Kier molecular flexibility index (Phi) is 7.34. The maximum Gasteiger partial charge on any atom is 0.0467 e. The molecule has 2 unspecified atom stereocenters. The fourth-order valence-electron chi connectivity index (χ4n) is 9.48. The first-order valence-corrected chi connectivity index (χ1v) is 20.2. The van der Waals surface area contributed by atoms with E-state index in [0.29, 0.717) is 11.2 Å². The summed E-state index contributed by atoms with van der Waals surface area (Å²) in [5, 5.41) is 2.97. The first-order chi connectivity index (χ1) is 27.0. The molecule has 55 heavy (non-hydrogen) atoms. The van der Waals surface area contributed by atoms with Gasteiger partial charge in [-0.3, -0.25) is 0 Å². The Bertz CT molecular complexity index is 2840. The maximum atomic E-state index is 2.44. The summed E-state index contributed by atoms with van der Waals surface area (Å²) < 4.78 is 0. The molecule has 1 aliphatic heterocycles. The van der Waals surface area contributed by atoms with Gasteiger partial charge >= 0.3 is 0 Å². The SMILES string of the molecule is CC1(C)c2ccccc2-c2ccc(N(c3ccc(-c4ccc5c(c4)C4c6ccccc6SC4C=C5)cc3)c3cccc(-c4cccc5ccccc45)c3)cc21. The van der Waals surface area contributed by atoms with Gasteiger partial charge in [0, 0.05) is 38.5 Å². The van der Waals surface area contributed by atoms with Crippen LogP contribution >= 0.6 is 11.8 Å². The second-order valence-corrected chi connectivity index (χ2v) is 16.9. The molecule has 0 fully saturated rings. The molecule has 0 saturated heterocycles. The zero-order valence-corrected chi connectivity index (χ0v) is 31.7. The molecule has 262 valence electrons. The van der Waals surface area contributed by atoms with E-state index in [0.717, 1.165) is 17.1 Å². The first kappa shape index (κ1) is 32.3. The number of hydrogen-bond acceptors (Lipinski definition) is 2. The van der Waals surface area contributed by atoms with E-state index in [4.69, 9.17) is 0 Å². The molecular formula is C53H39NS. The van der Waals surface area contributed by atoms with Gasteiger partial charge in [-0.25, -0.2) is 0 Å². The zero-order valence-electron chi connectivity index (χ0n) is 30.9. The smallest absolute Gasteiger partial charge is 0.0467 e. The van der Waals surface area contributed by atoms with Gasteiger partial charge in [-0.2, -0.15) is 0 Å². The number of nitrogens with zero attached hydrogens (tertiary/aromatic N) is 1. The molecule has 8 aromatic carbocycles. The van der Waals surface area contributed by atoms with E-state index in [-0.39, 0.29) is 5.41 Å². The van der Waals surface area contributed by atoms with Gasteiger partial charge in [0.2, 0.25) is 0 Å². The van der Waals surface area contributed by atoms with Gasteiger partial charge in [0.15, 0.2) is 0 Å². The van der Waals surface area contributed by atoms with Crippen molar-refractivity contribution in [1.29, 1.82) is 0 Å². The number of benzene rings is 8. The molecule has 0 bridgehead atoms. The molecule has 1 nitrogen and oxygen atoms in total. The Labute approximate surface area is 327 Å². The van der Waals surface area contributed by atoms with Crippen LogP contribution in [0.15, 0.2) is 187 Å². The van der Waals surface area contributed by atoms with Crippen molar-refractivity contribution in [3.8, 4) is 33.4 Å². The number of anilines is 3. The van der Waals surface area contributed by atoms with Crippen molar-refractivity contribution in [1.82, 2.24) is 0 Å². The highest BCUT2D eigenvalue weighted by Crippen LogP contribution is 2.53. The third kappa shape index (κ3) is 5.16. The van der Waals surface area contributed by atoms with Crippen LogP contribution in [0.1, 0.15) is 47.6 Å². The van der Waals surface area contributed by atoms with E-state index >= 15 is 0 Å². The normalized spacial score (nSPS) is 16.9. The quantitative estimate of drug-likeness (QED) is 0.174. The zero-order chi connectivity index (χ0) is 36.7. The van der Waals surface area contributed by atoms with Crippen LogP contribution in [-0.2, 0) is 5.41 Å². The minimum atomic E-state index is -0.0960. The lowest BCUT2D eigenvalue weighted by Crippen LogP contribution is -2.16. The highest BCUT2D eigenvalue weighted by molar-refractivity contribution is 8.00. The van der Waals surface area contributed by atoms with Crippen molar-refractivity contribution in [2.75, 3.05) is 4.90 Å². The van der Waals surface area contributed by atoms with Crippen LogP contribution in [0.5, 0.6) is 0 Å². The van der Waals surface area contributed by atoms with E-state index in [1.807, 2.05) is 11.8 Å². The molecule has 11 rings (SSSR count). The Hall–Kier alpha value is -6.09. The second-order valence-electron chi connectivity index (χ2n) is 15.7. The number of fused-ring (bicyclic) bond motifs is 9. The van der Waals surface area contributed by atoms with Crippen LogP contribution < -0.4 is 4.90 Å². The molecule has 0 amide bonds. The lowest BCUT2D eigenvalue weighted by Gasteiger charge is -2.29. The van der Waals surface area contributed by atoms with Crippen molar-refractivity contribution in [3.05, 3.63) is 210 Å². The van der Waals surface area contributed by atoms with Gasteiger partial charge in [0.1, 0.15) is 0 Å². The minimum absolute atomic E-state index is 0.0960. The van der Waals surface area contributed by atoms with E-state index in [1.165, 1.54) is 76.9 Å². The van der Waals surface area contributed by atoms with Crippen LogP contribution in [0.2, 0.25) is 0 Å². The second kappa shape index (κ2) is 12.5. The summed E-state index contributed by atoms with van der Waals surface area (Å²) in [6.45, 7) is 4.72. The maximum absolute atomic E-state index is 2.44. The van der Waals surface area contributed by atoms with Crippen molar-refractivity contribution >= 4 is 45.7 Å². The minimum Gasteiger partial charge on any atom is -0.310 e. The van der Waals surface area contributed by atoms with E-state index in [9.17, 15) is 0 Å². The Morgan fingerprint density at radius 1 is 0.491 bits per heavy atom. The van der Waals surface area contributed by atoms with Gasteiger partial charge < -0.3 is 4.90 Å². The molecule has 0 radical (unpaired) electrons. The third-order valence-electron chi connectivity index (χ3n) is 12.2. The largest absolute Gasteiger partial charge is 0.310 e. The average Bonchev–Trinajstić information content (AvgIpc) is 3.73. The summed E-state index contributed by atoms with van der Waals surface area (Å²) >= 11 is 2.00. The lowest BCUT2D eigenvalue weighted by atomic mass is 9.81. The van der Waals surface area contributed by atoms with E-state index in [2.05, 4.69) is 207 Å². The van der Waals surface area contributed by atoms with Crippen molar-refractivity contribution in [2.45, 2.75) is 35.3 Å². The van der Waals surface area contributed by atoms with Gasteiger partial charge in [0.25, 0.3) is 0 Å². The Balaban J connectivity index is 1.02. The predicted molar refractivity (Wildman–Crippen MR) is 234 cm³/mol. The molecule has 0 spiro atoms. The van der Waals surface area contributed by atoms with Gasteiger partial charge in [-0.15, -0.1) is 11.8 Å². The molecule has 0 aromatic heterocycles. The molecule has 2 aliphatic carbocycles. The first-order valence-electron chi connectivity index (χ1n) is 19.3. The highest BCUT2D eigenvalue weighted by atomic mass is 32.2. The summed E-state index contributed by atoms with van der Waals surface area (Å²) in [6.07, 6.45) is 4.72. The van der Waals surface area contributed by atoms with Crippen LogP contribution in [0.3, 0.4) is 0 Å². The summed E-state index contributed by atoms with van der Waals surface area (Å²) in [4.78, 5) is 3.85. The number of thioether (sulfide) groups is 1. The summed E-state index contributed by atoms with van der Waals surface area (Å²) in [6, 6.07) is 65.5. The van der Waals surface area contributed by atoms with Crippen LogP contribution in [0, 0.1) is 0 Å². The molecule has 8 aromatic rings. The summed E-state index contributed by atoms with van der Waals surface area (Å²) in [7, 11) is 0. The summed E-state index contributed by atoms with van der Waals surface area (Å²) in [5.74, 6) is 0.389. The number of rotatable bonds is 5. The molecule has 1 heterocycles. The van der Waals surface area contributed by atoms with Crippen molar-refractivity contribution in [2.24, 2.45) is 0 Å². The van der Waals surface area contributed by atoms with Gasteiger partial charge in [-0.1, -0.05) is 153 Å². The standard InChI is InChI=1S/C53H39NS/c1-53(2)48-19-7-5-16-44(48)45-29-28-41(33-49(45)53)54(40-14-9-13-38(31-40)43-18-10-12-35-11-3-4-15-42(35)43)39-26-23-34(24-27-39)37-22-21-36-25-30-51-52(47(36)32-37)46-17-6-8-20-50(46)55-51/h3-33,51-52H,1-2H3. The fraction of sp³-hybridized carbons (Fsp3) is 0.0943. The lowest BCUT2D eigenvalue weighted by molar-refractivity contribution is 0.660. The molecule has 2 heteroatoms. The molecular weight excluding hydrogens is 683 g/mol. The Morgan fingerprint density at radius 2 is 1.20 bits per heavy atom. The average molecular weight is 722 g/mol. The van der Waals surface area contributed by atoms with Gasteiger partial charge in [-0.05, 0) is 121 Å². The highest BCUT2D eigenvalue weighted by Gasteiger charge is 2.37. The van der Waals surface area contributed by atoms with Crippen LogP contribution in [0.25, 0.3) is 50.2 Å². The third-order valence-corrected chi connectivity index (χ3v) is 13.5. The Morgan fingerprint density at radius 3 is 2.13 bits per heavy atom. The molecule has 3 aliphatic rings. The number of hydrogen-bond donors (Lipinski definition) is 0. The summed E-state index contributed by atoms with van der Waals surface area (Å²) in [5.41, 5.74) is 17.9. The fourth-order valence-corrected chi connectivity index (χ4v) is 10.8.